The van der Waals surface area contributed by atoms with Crippen molar-refractivity contribution in [2.75, 3.05) is 0 Å². The van der Waals surface area contributed by atoms with E-state index in [1.807, 2.05) is 0 Å². The average Bonchev–Trinajstić information content (AvgIpc) is 2.82. The number of aromatic nitrogens is 2. The van der Waals surface area contributed by atoms with Crippen molar-refractivity contribution >= 4 is 15.7 Å². The number of aryl methyl sites for hydroxylation is 2. The van der Waals surface area contributed by atoms with Crippen molar-refractivity contribution in [2.45, 2.75) is 18.4 Å². The molecule has 0 aliphatic rings. The first-order valence-electron chi connectivity index (χ1n) is 6.02. The molecule has 2 aromatic rings. The first-order valence-corrected chi connectivity index (χ1v) is 7.50. The van der Waals surface area contributed by atoms with Crippen LogP contribution in [0.15, 0.2) is 35.5 Å². The molecule has 0 aliphatic carbocycles. The molecular weight excluding hydrogens is 296 g/mol. The highest BCUT2D eigenvalue weighted by Crippen LogP contribution is 2.21. The zero-order chi connectivity index (χ0) is 15.6. The summed E-state index contributed by atoms with van der Waals surface area (Å²) in [4.78, 5) is 10.2. The predicted octanol–water partition coefficient (Wildman–Crippen LogP) is 1.12. The van der Waals surface area contributed by atoms with Gasteiger partial charge in [0.15, 0.2) is 0 Å². The maximum absolute atomic E-state index is 12.1. The van der Waals surface area contributed by atoms with Gasteiger partial charge in [-0.05, 0) is 19.1 Å². The first kappa shape index (κ1) is 15.1. The van der Waals surface area contributed by atoms with Gasteiger partial charge in [-0.1, -0.05) is 0 Å². The molecule has 1 N–H and O–H groups in total. The SMILES string of the molecule is Cc1cc(S(=O)(=O)NCc2cnn(C)c2)ccc1[N+](=O)[O-]. The van der Waals surface area contributed by atoms with Crippen molar-refractivity contribution in [1.82, 2.24) is 14.5 Å². The minimum atomic E-state index is -3.72. The third-order valence-electron chi connectivity index (χ3n) is 2.90. The first-order chi connectivity index (χ1) is 9.79. The van der Waals surface area contributed by atoms with Gasteiger partial charge in [-0.25, -0.2) is 13.1 Å². The van der Waals surface area contributed by atoms with Gasteiger partial charge in [0.05, 0.1) is 16.0 Å². The summed E-state index contributed by atoms with van der Waals surface area (Å²) in [6.07, 6.45) is 3.26. The van der Waals surface area contributed by atoms with Crippen LogP contribution in [0.25, 0.3) is 0 Å². The molecule has 0 saturated heterocycles. The number of hydrogen-bond acceptors (Lipinski definition) is 5. The molecule has 0 fully saturated rings. The van der Waals surface area contributed by atoms with E-state index in [0.29, 0.717) is 5.56 Å². The van der Waals surface area contributed by atoms with Crippen molar-refractivity contribution in [1.29, 1.82) is 0 Å². The minimum absolute atomic E-state index is 0.00510. The predicted molar refractivity (Wildman–Crippen MR) is 75.1 cm³/mol. The Morgan fingerprint density at radius 3 is 2.67 bits per heavy atom. The Morgan fingerprint density at radius 2 is 2.14 bits per heavy atom. The van der Waals surface area contributed by atoms with Crippen molar-refractivity contribution < 1.29 is 13.3 Å². The van der Waals surface area contributed by atoms with Crippen LogP contribution < -0.4 is 4.72 Å². The summed E-state index contributed by atoms with van der Waals surface area (Å²) < 4.78 is 28.3. The molecule has 0 radical (unpaired) electrons. The number of nitro benzene ring substituents is 1. The van der Waals surface area contributed by atoms with Gasteiger partial charge in [-0.15, -0.1) is 0 Å². The molecule has 0 bridgehead atoms. The van der Waals surface area contributed by atoms with Crippen molar-refractivity contribution in [2.24, 2.45) is 7.05 Å². The fraction of sp³-hybridized carbons (Fsp3) is 0.250. The lowest BCUT2D eigenvalue weighted by molar-refractivity contribution is -0.385. The molecule has 2 rings (SSSR count). The molecule has 0 saturated carbocycles. The standard InChI is InChI=1S/C12H14N4O4S/c1-9-5-11(3-4-12(9)16(17)18)21(19,20)14-7-10-6-13-15(2)8-10/h3-6,8,14H,7H2,1-2H3. The van der Waals surface area contributed by atoms with E-state index in [2.05, 4.69) is 9.82 Å². The summed E-state index contributed by atoms with van der Waals surface area (Å²) in [5.74, 6) is 0. The molecule has 0 spiro atoms. The van der Waals surface area contributed by atoms with Crippen LogP contribution in [0.2, 0.25) is 0 Å². The van der Waals surface area contributed by atoms with Gasteiger partial charge in [0.2, 0.25) is 10.0 Å². The van der Waals surface area contributed by atoms with Crippen LogP contribution in [0, 0.1) is 17.0 Å². The second-order valence-corrected chi connectivity index (χ2v) is 6.32. The molecule has 0 unspecified atom stereocenters. The van der Waals surface area contributed by atoms with E-state index in [0.717, 1.165) is 5.56 Å². The lowest BCUT2D eigenvalue weighted by Gasteiger charge is -2.06. The van der Waals surface area contributed by atoms with E-state index in [1.54, 1.807) is 24.1 Å². The Morgan fingerprint density at radius 1 is 1.43 bits per heavy atom. The van der Waals surface area contributed by atoms with Gasteiger partial charge < -0.3 is 0 Å². The number of hydrogen-bond donors (Lipinski definition) is 1. The normalized spacial score (nSPS) is 11.5. The van der Waals surface area contributed by atoms with Gasteiger partial charge in [0.25, 0.3) is 5.69 Å². The highest BCUT2D eigenvalue weighted by molar-refractivity contribution is 7.89. The second kappa shape index (κ2) is 5.62. The Labute approximate surface area is 121 Å². The third kappa shape index (κ3) is 3.44. The van der Waals surface area contributed by atoms with E-state index in [4.69, 9.17) is 0 Å². The summed E-state index contributed by atoms with van der Waals surface area (Å²) in [5, 5.41) is 14.7. The minimum Gasteiger partial charge on any atom is -0.275 e. The van der Waals surface area contributed by atoms with E-state index < -0.39 is 14.9 Å². The molecule has 0 aliphatic heterocycles. The van der Waals surface area contributed by atoms with E-state index >= 15 is 0 Å². The quantitative estimate of drug-likeness (QED) is 0.657. The zero-order valence-corrected chi connectivity index (χ0v) is 12.3. The molecule has 0 amide bonds. The molecule has 8 nitrogen and oxygen atoms in total. The van der Waals surface area contributed by atoms with Gasteiger partial charge in [0.1, 0.15) is 0 Å². The highest BCUT2D eigenvalue weighted by Gasteiger charge is 2.18. The topological polar surface area (TPSA) is 107 Å². The molecule has 112 valence electrons. The fourth-order valence-electron chi connectivity index (χ4n) is 1.82. The summed E-state index contributed by atoms with van der Waals surface area (Å²) in [6.45, 7) is 1.60. The van der Waals surface area contributed by atoms with E-state index in [9.17, 15) is 18.5 Å². The third-order valence-corrected chi connectivity index (χ3v) is 4.30. The zero-order valence-electron chi connectivity index (χ0n) is 11.5. The highest BCUT2D eigenvalue weighted by atomic mass is 32.2. The van der Waals surface area contributed by atoms with Crippen LogP contribution in [0.3, 0.4) is 0 Å². The number of benzene rings is 1. The molecule has 1 aromatic heterocycles. The van der Waals surface area contributed by atoms with Gasteiger partial charge in [-0.2, -0.15) is 5.10 Å². The molecule has 1 aromatic carbocycles. The largest absolute Gasteiger partial charge is 0.275 e. The van der Waals surface area contributed by atoms with Crippen LogP contribution in [0.1, 0.15) is 11.1 Å². The molecule has 21 heavy (non-hydrogen) atoms. The Hall–Kier alpha value is -2.26. The average molecular weight is 310 g/mol. The Balaban J connectivity index is 2.19. The smallest absolute Gasteiger partial charge is 0.272 e. The van der Waals surface area contributed by atoms with Gasteiger partial charge in [-0.3, -0.25) is 14.8 Å². The lowest BCUT2D eigenvalue weighted by atomic mass is 10.2. The van der Waals surface area contributed by atoms with Crippen LogP contribution in [0.5, 0.6) is 0 Å². The Kier molecular flexibility index (Phi) is 4.05. The number of rotatable bonds is 5. The van der Waals surface area contributed by atoms with Crippen LogP contribution in [-0.4, -0.2) is 23.1 Å². The van der Waals surface area contributed by atoms with Crippen LogP contribution in [-0.2, 0) is 23.6 Å². The molecule has 0 atom stereocenters. The Bertz CT molecular complexity index is 782. The van der Waals surface area contributed by atoms with Crippen molar-refractivity contribution in [3.05, 3.63) is 51.8 Å². The second-order valence-electron chi connectivity index (χ2n) is 4.55. The van der Waals surface area contributed by atoms with Crippen molar-refractivity contribution in [3.8, 4) is 0 Å². The monoisotopic (exact) mass is 310 g/mol. The van der Waals surface area contributed by atoms with E-state index in [1.165, 1.54) is 25.1 Å². The lowest BCUT2D eigenvalue weighted by Crippen LogP contribution is -2.23. The number of nitrogens with one attached hydrogen (secondary N) is 1. The maximum atomic E-state index is 12.1. The van der Waals surface area contributed by atoms with Crippen LogP contribution in [0.4, 0.5) is 5.69 Å². The molecule has 1 heterocycles. The van der Waals surface area contributed by atoms with Crippen molar-refractivity contribution in [3.63, 3.8) is 0 Å². The maximum Gasteiger partial charge on any atom is 0.272 e. The summed E-state index contributed by atoms with van der Waals surface area (Å²) in [5.41, 5.74) is 0.908. The van der Waals surface area contributed by atoms with Crippen LogP contribution >= 0.6 is 0 Å². The number of nitrogens with zero attached hydrogens (tertiary/aromatic N) is 3. The number of sulfonamides is 1. The van der Waals surface area contributed by atoms with Gasteiger partial charge >= 0.3 is 0 Å². The molecule has 9 heteroatoms. The summed E-state index contributed by atoms with van der Waals surface area (Å²) >= 11 is 0. The van der Waals surface area contributed by atoms with Gasteiger partial charge in [0, 0.05) is 37.0 Å². The summed E-state index contributed by atoms with van der Waals surface area (Å²) in [6, 6.07) is 3.69. The van der Waals surface area contributed by atoms with E-state index in [-0.39, 0.29) is 17.1 Å². The fourth-order valence-corrected chi connectivity index (χ4v) is 2.93. The molecular formula is C12H14N4O4S. The summed E-state index contributed by atoms with van der Waals surface area (Å²) in [7, 11) is -1.99. The number of nitro groups is 1.